The molecule has 12 rings (SSSR count). The molecule has 277 valence electrons. The smallest absolute Gasteiger partial charge is 0.0780 e. The summed E-state index contributed by atoms with van der Waals surface area (Å²) in [5.41, 5.74) is 7.54. The summed E-state index contributed by atoms with van der Waals surface area (Å²) in [5, 5.41) is 12.3. The zero-order valence-corrected chi connectivity index (χ0v) is 34.6. The van der Waals surface area contributed by atoms with E-state index in [2.05, 4.69) is 162 Å². The minimum atomic E-state index is 0. The Balaban J connectivity index is 0.000000270. The van der Waals surface area contributed by atoms with Crippen LogP contribution in [-0.4, -0.2) is 14.4 Å². The third-order valence-electron chi connectivity index (χ3n) is 11.0. The number of hydrogen-bond acceptors (Lipinski definition) is 3. The molecule has 12 aromatic rings. The largest absolute Gasteiger partial charge is 0.332 e. The Labute approximate surface area is 352 Å². The van der Waals surface area contributed by atoms with Crippen LogP contribution in [0.3, 0.4) is 0 Å². The summed E-state index contributed by atoms with van der Waals surface area (Å²) in [6.45, 7) is 2.16. The zero-order valence-electron chi connectivity index (χ0n) is 31.4. The van der Waals surface area contributed by atoms with E-state index in [-0.39, 0.29) is 20.1 Å². The summed E-state index contributed by atoms with van der Waals surface area (Å²) >= 11 is 1.84. The average Bonchev–Trinajstić information content (AvgIpc) is 3.85. The van der Waals surface area contributed by atoms with Crippen LogP contribution in [0, 0.1) is 19.1 Å². The molecular weight excluding hydrogens is 903 g/mol. The van der Waals surface area contributed by atoms with Gasteiger partial charge in [0.2, 0.25) is 0 Å². The molecule has 1 radical (unpaired) electrons. The topological polar surface area (TPSA) is 30.2 Å². The van der Waals surface area contributed by atoms with Gasteiger partial charge in [-0.2, -0.15) is 11.3 Å². The molecule has 0 amide bonds. The fourth-order valence-electron chi connectivity index (χ4n) is 8.39. The first-order chi connectivity index (χ1) is 28.2. The summed E-state index contributed by atoms with van der Waals surface area (Å²) in [6, 6.07) is 69.1. The van der Waals surface area contributed by atoms with E-state index >= 15 is 0 Å². The van der Waals surface area contributed by atoms with Gasteiger partial charge in [-0.15, -0.1) is 54.1 Å². The third kappa shape index (κ3) is 5.99. The van der Waals surface area contributed by atoms with Gasteiger partial charge in [0.1, 0.15) is 0 Å². The van der Waals surface area contributed by atoms with Crippen molar-refractivity contribution in [3.05, 3.63) is 200 Å². The van der Waals surface area contributed by atoms with Crippen molar-refractivity contribution in [1.29, 1.82) is 0 Å². The average molecular weight is 936 g/mol. The van der Waals surface area contributed by atoms with Crippen LogP contribution in [-0.2, 0) is 20.1 Å². The van der Waals surface area contributed by atoms with Crippen molar-refractivity contribution in [1.82, 2.24) is 14.4 Å². The molecule has 0 N–H and O–H groups in total. The van der Waals surface area contributed by atoms with Gasteiger partial charge in [0.25, 0.3) is 0 Å². The molecule has 4 heterocycles. The molecule has 0 bridgehead atoms. The van der Waals surface area contributed by atoms with Gasteiger partial charge in [0, 0.05) is 47.3 Å². The molecule has 4 aromatic heterocycles. The van der Waals surface area contributed by atoms with Crippen molar-refractivity contribution in [3.8, 4) is 22.6 Å². The number of pyridine rings is 1. The monoisotopic (exact) mass is 936 g/mol. The zero-order chi connectivity index (χ0) is 37.9. The Morgan fingerprint density at radius 3 is 2.00 bits per heavy atom. The molecule has 8 aromatic carbocycles. The van der Waals surface area contributed by atoms with Gasteiger partial charge < -0.3 is 9.38 Å². The maximum Gasteiger partial charge on any atom is 0.0780 e. The number of imidazole rings is 1. The van der Waals surface area contributed by atoms with Crippen molar-refractivity contribution in [2.24, 2.45) is 0 Å². The van der Waals surface area contributed by atoms with E-state index in [1.807, 2.05) is 53.8 Å². The Kier molecular flexibility index (Phi) is 9.15. The third-order valence-corrected chi connectivity index (χ3v) is 12.2. The van der Waals surface area contributed by atoms with E-state index in [9.17, 15) is 0 Å². The Hall–Kier alpha value is -6.49. The van der Waals surface area contributed by atoms with E-state index in [0.29, 0.717) is 0 Å². The fraction of sp³-hybridized carbons (Fsp3) is 0.0189. The number of hydrogen-bond donors (Lipinski definition) is 0. The van der Waals surface area contributed by atoms with Gasteiger partial charge in [0.05, 0.1) is 16.9 Å². The number of aryl methyl sites for hydroxylation is 1. The van der Waals surface area contributed by atoms with Crippen LogP contribution < -0.4 is 0 Å². The van der Waals surface area contributed by atoms with E-state index < -0.39 is 0 Å². The maximum absolute atomic E-state index is 5.42. The predicted molar refractivity (Wildman–Crippen MR) is 242 cm³/mol. The van der Waals surface area contributed by atoms with Crippen LogP contribution >= 0.6 is 11.3 Å². The van der Waals surface area contributed by atoms with Crippen molar-refractivity contribution in [2.45, 2.75) is 6.92 Å². The minimum Gasteiger partial charge on any atom is -0.332 e. The van der Waals surface area contributed by atoms with Gasteiger partial charge in [-0.05, 0) is 85.4 Å². The van der Waals surface area contributed by atoms with Crippen LogP contribution in [0.1, 0.15) is 5.56 Å². The number of aromatic nitrogens is 3. The molecule has 5 heteroatoms. The first kappa shape index (κ1) is 35.9. The van der Waals surface area contributed by atoms with Gasteiger partial charge >= 0.3 is 0 Å². The molecule has 3 nitrogen and oxygen atoms in total. The van der Waals surface area contributed by atoms with Crippen LogP contribution in [0.25, 0.3) is 102 Å². The first-order valence-electron chi connectivity index (χ1n) is 19.2. The van der Waals surface area contributed by atoms with Crippen LogP contribution in [0.4, 0.5) is 0 Å². The molecule has 0 aliphatic carbocycles. The van der Waals surface area contributed by atoms with Gasteiger partial charge in [-0.3, -0.25) is 4.98 Å². The molecule has 0 fully saturated rings. The Bertz CT molecular complexity index is 3500. The Morgan fingerprint density at radius 1 is 0.534 bits per heavy atom. The van der Waals surface area contributed by atoms with Crippen molar-refractivity contribution < 1.29 is 20.1 Å². The van der Waals surface area contributed by atoms with Crippen molar-refractivity contribution >= 4 is 91.1 Å². The number of thiophene rings is 1. The summed E-state index contributed by atoms with van der Waals surface area (Å²) in [6.07, 6.45) is 1.79. The molecule has 0 spiro atoms. The van der Waals surface area contributed by atoms with E-state index in [4.69, 9.17) is 4.98 Å². The molecule has 58 heavy (non-hydrogen) atoms. The summed E-state index contributed by atoms with van der Waals surface area (Å²) in [5.74, 6) is 0.916. The molecule has 0 aliphatic rings. The first-order valence-corrected chi connectivity index (χ1v) is 20.0. The van der Waals surface area contributed by atoms with Crippen LogP contribution in [0.15, 0.2) is 182 Å². The number of rotatable bonds is 2. The number of nitrogens with zero attached hydrogens (tertiary/aromatic N) is 3. The SMILES string of the molecule is Cc1ccc2cc3c(cc2c1)sc1c(-c2nc4cccc5c6ccccc6c6ccccc6c6ccccc6n2c45)[c-]ccc13.[Ir].[c-]1ccccc1-c1ccccn1. The van der Waals surface area contributed by atoms with E-state index in [1.165, 1.54) is 68.8 Å². The Morgan fingerprint density at radius 2 is 1.24 bits per heavy atom. The second kappa shape index (κ2) is 14.8. The molecule has 0 atom stereocenters. The predicted octanol–water partition coefficient (Wildman–Crippen LogP) is 14.4. The second-order valence-corrected chi connectivity index (χ2v) is 15.5. The summed E-state index contributed by atoms with van der Waals surface area (Å²) in [7, 11) is 0. The number of para-hydroxylation sites is 2. The normalized spacial score (nSPS) is 11.4. The van der Waals surface area contributed by atoms with Crippen LogP contribution in [0.5, 0.6) is 0 Å². The standard InChI is InChI=1S/C42H25N2S.C11H8N.Ir/c1-25-20-21-26-23-36-34-16-8-17-35(41(34)45-39(36)24-27(26)22-25)42-43-37-18-9-15-33-31-13-5-3-11-29(31)28-10-2-4-12-30(28)32-14-6-7-19-38(32)44(42)40(33)37;1-2-6-10(7-3-1)11-8-4-5-9-12-11;/h2-16,18-24H,1H3;1-6,8-9H;/q2*-1;. The minimum absolute atomic E-state index is 0. The number of fused-ring (bicyclic) bond motifs is 11. The summed E-state index contributed by atoms with van der Waals surface area (Å²) in [4.78, 5) is 9.64. The molecule has 0 aliphatic heterocycles. The van der Waals surface area contributed by atoms with E-state index in [0.717, 1.165) is 39.2 Å². The quantitative estimate of drug-likeness (QED) is 0.162. The van der Waals surface area contributed by atoms with Crippen LogP contribution in [0.2, 0.25) is 0 Å². The molecule has 0 saturated heterocycles. The van der Waals surface area contributed by atoms with Crippen molar-refractivity contribution in [3.63, 3.8) is 0 Å². The molecule has 0 saturated carbocycles. The number of benzene rings is 8. The molecular formula is C53H33IrN3S-2. The second-order valence-electron chi connectivity index (χ2n) is 14.4. The maximum atomic E-state index is 5.42. The summed E-state index contributed by atoms with van der Waals surface area (Å²) < 4.78 is 4.90. The van der Waals surface area contributed by atoms with Crippen molar-refractivity contribution in [2.75, 3.05) is 0 Å². The van der Waals surface area contributed by atoms with Gasteiger partial charge in [0.15, 0.2) is 0 Å². The van der Waals surface area contributed by atoms with Gasteiger partial charge in [-0.1, -0.05) is 126 Å². The van der Waals surface area contributed by atoms with E-state index in [1.54, 1.807) is 6.20 Å². The molecule has 0 unspecified atom stereocenters. The fourth-order valence-corrected chi connectivity index (χ4v) is 9.62. The van der Waals surface area contributed by atoms with Gasteiger partial charge in [-0.25, -0.2) is 0 Å².